The molecule has 1 saturated carbocycles. The molecule has 1 aliphatic carbocycles. The number of nitrogens with one attached hydrogen (secondary N) is 2. The summed E-state index contributed by atoms with van der Waals surface area (Å²) in [7, 11) is -2.75. The largest absolute Gasteiger partial charge is 0.391 e. The number of nitrogens with two attached hydrogens (primary N) is 1. The first-order valence-corrected chi connectivity index (χ1v) is 10.9. The Kier molecular flexibility index (Phi) is 10.4. The second-order valence-corrected chi connectivity index (χ2v) is 8.89. The Morgan fingerprint density at radius 2 is 1.85 bits per heavy atom. The molecule has 4 atom stereocenters. The molecule has 0 aromatic carbocycles. The third kappa shape index (κ3) is 7.74. The van der Waals surface area contributed by atoms with Gasteiger partial charge in [0.25, 0.3) is 0 Å². The summed E-state index contributed by atoms with van der Waals surface area (Å²) < 4.78 is 11.8. The van der Waals surface area contributed by atoms with Gasteiger partial charge in [-0.3, -0.25) is 14.2 Å². The lowest BCUT2D eigenvalue weighted by atomic mass is 9.85. The number of aliphatic hydroxyl groups excluding tert-OH is 1. The average molecular weight is 391 g/mol. The number of carbonyl (C=O) groups excluding carboxylic acids is 2. The molecule has 0 saturated heterocycles. The van der Waals surface area contributed by atoms with E-state index in [4.69, 9.17) is 5.73 Å². The maximum atomic E-state index is 12.3. The number of aliphatic hydroxyl groups is 1. The predicted molar refractivity (Wildman–Crippen MR) is 101 cm³/mol. The van der Waals surface area contributed by atoms with Crippen molar-refractivity contribution in [1.82, 2.24) is 10.6 Å². The Morgan fingerprint density at radius 3 is 2.35 bits per heavy atom. The zero-order chi connectivity index (χ0) is 19.7. The lowest BCUT2D eigenvalue weighted by Crippen LogP contribution is -2.52. The van der Waals surface area contributed by atoms with Crippen LogP contribution in [0.1, 0.15) is 52.4 Å². The molecule has 152 valence electrons. The lowest BCUT2D eigenvalue weighted by molar-refractivity contribution is -0.129. The van der Waals surface area contributed by atoms with Gasteiger partial charge in [0.1, 0.15) is 6.04 Å². The van der Waals surface area contributed by atoms with Gasteiger partial charge in [-0.1, -0.05) is 33.1 Å². The summed E-state index contributed by atoms with van der Waals surface area (Å²) in [6.07, 6.45) is 4.40. The van der Waals surface area contributed by atoms with Crippen LogP contribution in [0, 0.1) is 11.8 Å². The van der Waals surface area contributed by atoms with Gasteiger partial charge in [-0.05, 0) is 31.1 Å². The van der Waals surface area contributed by atoms with Gasteiger partial charge in [0.2, 0.25) is 11.8 Å². The van der Waals surface area contributed by atoms with E-state index >= 15 is 0 Å². The van der Waals surface area contributed by atoms with Crippen molar-refractivity contribution in [1.29, 1.82) is 0 Å². The van der Waals surface area contributed by atoms with E-state index in [1.54, 1.807) is 13.8 Å². The van der Waals surface area contributed by atoms with Crippen molar-refractivity contribution in [3.05, 3.63) is 0 Å². The summed E-state index contributed by atoms with van der Waals surface area (Å²) in [6, 6.07) is -0.732. The molecule has 8 nitrogen and oxygen atoms in total. The maximum absolute atomic E-state index is 12.3. The molecule has 0 radical (unpaired) electrons. The average Bonchev–Trinajstić information content (AvgIpc) is 2.62. The lowest BCUT2D eigenvalue weighted by Gasteiger charge is -2.30. The maximum Gasteiger partial charge on any atom is 0.242 e. The van der Waals surface area contributed by atoms with Gasteiger partial charge >= 0.3 is 0 Å². The highest BCUT2D eigenvalue weighted by molar-refractivity contribution is 7.38. The highest BCUT2D eigenvalue weighted by atomic mass is 31.1. The molecular formula is C17H34N3O5P. The van der Waals surface area contributed by atoms with Crippen molar-refractivity contribution in [3.8, 4) is 0 Å². The van der Waals surface area contributed by atoms with Gasteiger partial charge in [0.05, 0.1) is 12.6 Å². The van der Waals surface area contributed by atoms with Crippen LogP contribution in [0.2, 0.25) is 0 Å². The van der Waals surface area contributed by atoms with E-state index in [0.717, 1.165) is 32.1 Å². The molecule has 0 aromatic rings. The molecule has 1 fully saturated rings. The fourth-order valence-electron chi connectivity index (χ4n) is 3.50. The Morgan fingerprint density at radius 1 is 1.23 bits per heavy atom. The molecule has 2 amide bonds. The Balaban J connectivity index is 2.54. The quantitative estimate of drug-likeness (QED) is 0.341. The summed E-state index contributed by atoms with van der Waals surface area (Å²) in [6.45, 7) is 3.38. The zero-order valence-electron chi connectivity index (χ0n) is 15.7. The van der Waals surface area contributed by atoms with Gasteiger partial charge in [0.15, 0.2) is 8.03 Å². The van der Waals surface area contributed by atoms with E-state index in [2.05, 4.69) is 10.6 Å². The second-order valence-electron chi connectivity index (χ2n) is 7.47. The molecule has 1 aliphatic rings. The minimum absolute atomic E-state index is 0.0150. The third-order valence-electron chi connectivity index (χ3n) is 5.03. The highest BCUT2D eigenvalue weighted by Gasteiger charge is 2.30. The van der Waals surface area contributed by atoms with E-state index in [9.17, 15) is 24.2 Å². The second kappa shape index (κ2) is 11.7. The first-order valence-electron chi connectivity index (χ1n) is 9.44. The minimum Gasteiger partial charge on any atom is -0.391 e. The van der Waals surface area contributed by atoms with Crippen LogP contribution < -0.4 is 16.4 Å². The number of hydrogen-bond acceptors (Lipinski definition) is 5. The smallest absolute Gasteiger partial charge is 0.242 e. The van der Waals surface area contributed by atoms with Crippen LogP contribution in [-0.4, -0.2) is 52.7 Å². The molecule has 2 unspecified atom stereocenters. The van der Waals surface area contributed by atoms with Gasteiger partial charge in [-0.25, -0.2) is 0 Å². The van der Waals surface area contributed by atoms with E-state index < -0.39 is 37.6 Å². The van der Waals surface area contributed by atoms with Crippen molar-refractivity contribution < 1.29 is 24.2 Å². The normalized spacial score (nSPS) is 20.2. The van der Waals surface area contributed by atoms with Gasteiger partial charge in [0, 0.05) is 12.2 Å². The van der Waals surface area contributed by atoms with Crippen molar-refractivity contribution in [3.63, 3.8) is 0 Å². The predicted octanol–water partition coefficient (Wildman–Crippen LogP) is 0.369. The minimum atomic E-state index is -2.75. The number of carbonyl (C=O) groups is 2. The fourth-order valence-corrected chi connectivity index (χ4v) is 4.71. The number of amides is 2. The van der Waals surface area contributed by atoms with E-state index in [1.165, 1.54) is 0 Å². The number of rotatable bonds is 10. The van der Waals surface area contributed by atoms with Crippen molar-refractivity contribution in [2.45, 2.75) is 70.2 Å². The zero-order valence-corrected chi connectivity index (χ0v) is 16.7. The summed E-state index contributed by atoms with van der Waals surface area (Å²) in [4.78, 5) is 33.4. The monoisotopic (exact) mass is 391 g/mol. The van der Waals surface area contributed by atoms with Gasteiger partial charge < -0.3 is 26.4 Å². The van der Waals surface area contributed by atoms with Crippen LogP contribution in [0.5, 0.6) is 0 Å². The van der Waals surface area contributed by atoms with Crippen molar-refractivity contribution >= 4 is 19.8 Å². The van der Waals surface area contributed by atoms with Crippen molar-refractivity contribution in [2.75, 3.05) is 13.1 Å². The third-order valence-corrected chi connectivity index (χ3v) is 6.37. The van der Waals surface area contributed by atoms with Crippen LogP contribution in [0.15, 0.2) is 0 Å². The summed E-state index contributed by atoms with van der Waals surface area (Å²) in [5.74, 6) is -0.786. The Hall–Kier alpha value is -0.950. The fraction of sp³-hybridized carbons (Fsp3) is 0.882. The summed E-state index contributed by atoms with van der Waals surface area (Å²) in [5.41, 5.74) is 4.85. The SMILES string of the molecule is CC(C)[C@H](NC(=O)CN)C(=O)NC[C@H](O)CC(C1CCCCC1)[PH](=O)O. The van der Waals surface area contributed by atoms with Crippen LogP contribution in [0.3, 0.4) is 0 Å². The molecule has 0 aromatic heterocycles. The van der Waals surface area contributed by atoms with Crippen molar-refractivity contribution in [2.24, 2.45) is 17.6 Å². The molecule has 0 aliphatic heterocycles. The van der Waals surface area contributed by atoms with E-state index in [0.29, 0.717) is 0 Å². The standard InChI is InChI=1S/C17H34N3O5P/c1-11(2)16(20-15(22)9-18)17(23)19-10-13(21)8-14(26(24)25)12-6-4-3-5-7-12/h11-14,16,21,26H,3-10,18H2,1-2H3,(H,19,23)(H,20,22)(H,24,25)/t13-,14?,16+/m1/s1. The summed E-state index contributed by atoms with van der Waals surface area (Å²) >= 11 is 0. The van der Waals surface area contributed by atoms with Crippen LogP contribution in [0.4, 0.5) is 0 Å². The Bertz CT molecular complexity index is 483. The van der Waals surface area contributed by atoms with E-state index in [1.807, 2.05) is 0 Å². The van der Waals surface area contributed by atoms with E-state index in [-0.39, 0.29) is 31.3 Å². The topological polar surface area (TPSA) is 142 Å². The van der Waals surface area contributed by atoms with Crippen LogP contribution in [-0.2, 0) is 14.2 Å². The molecule has 0 heterocycles. The summed E-state index contributed by atoms with van der Waals surface area (Å²) in [5, 5.41) is 15.4. The number of hydrogen-bond donors (Lipinski definition) is 5. The molecule has 6 N–H and O–H groups in total. The first-order chi connectivity index (χ1) is 12.3. The molecule has 1 rings (SSSR count). The molecule has 0 spiro atoms. The van der Waals surface area contributed by atoms with Crippen LogP contribution >= 0.6 is 8.03 Å². The first kappa shape index (κ1) is 23.1. The molecule has 9 heteroatoms. The van der Waals surface area contributed by atoms with Gasteiger partial charge in [-0.2, -0.15) is 0 Å². The highest BCUT2D eigenvalue weighted by Crippen LogP contribution is 2.40. The van der Waals surface area contributed by atoms with Crippen LogP contribution in [0.25, 0.3) is 0 Å². The van der Waals surface area contributed by atoms with Gasteiger partial charge in [-0.15, -0.1) is 0 Å². The Labute approximate surface area is 156 Å². The molecule has 26 heavy (non-hydrogen) atoms. The molecular weight excluding hydrogens is 357 g/mol. The molecule has 0 bridgehead atoms.